The first-order valence-electron chi connectivity index (χ1n) is 5.56. The third-order valence-electron chi connectivity index (χ3n) is 4.09. The molecule has 2 aliphatic rings. The van der Waals surface area contributed by atoms with Gasteiger partial charge in [-0.15, -0.1) is 0 Å². The zero-order chi connectivity index (χ0) is 9.59. The van der Waals surface area contributed by atoms with Crippen molar-refractivity contribution in [3.63, 3.8) is 0 Å². The van der Waals surface area contributed by atoms with E-state index in [4.69, 9.17) is 5.73 Å². The van der Waals surface area contributed by atoms with E-state index in [-0.39, 0.29) is 0 Å². The molecule has 0 aromatic heterocycles. The van der Waals surface area contributed by atoms with Crippen molar-refractivity contribution in [3.05, 3.63) is 11.6 Å². The Morgan fingerprint density at radius 3 is 2.31 bits per heavy atom. The summed E-state index contributed by atoms with van der Waals surface area (Å²) in [5.41, 5.74) is 7.64. The predicted molar refractivity (Wildman–Crippen MR) is 56.3 cm³/mol. The smallest absolute Gasteiger partial charge is 0.00791 e. The largest absolute Gasteiger partial charge is 0.327 e. The standard InChI is InChI=1S/C12H21N/c1-7-6-10(13)4-5-11(7)12-8(2)9(12)3/h5,7-10,12H,4,6,13H2,1-3H3/t7-,8?,9?,10-,12?/m1/s1. The van der Waals surface area contributed by atoms with E-state index in [0.717, 1.165) is 30.1 Å². The molecule has 1 saturated carbocycles. The lowest BCUT2D eigenvalue weighted by Crippen LogP contribution is -2.27. The monoisotopic (exact) mass is 179 g/mol. The van der Waals surface area contributed by atoms with Crippen molar-refractivity contribution in [2.45, 2.75) is 39.7 Å². The molecule has 0 saturated heterocycles. The summed E-state index contributed by atoms with van der Waals surface area (Å²) in [4.78, 5) is 0. The van der Waals surface area contributed by atoms with Gasteiger partial charge in [0.1, 0.15) is 0 Å². The second-order valence-corrected chi connectivity index (χ2v) is 5.08. The van der Waals surface area contributed by atoms with Crippen molar-refractivity contribution in [2.24, 2.45) is 29.4 Å². The first kappa shape index (κ1) is 9.26. The van der Waals surface area contributed by atoms with E-state index in [1.54, 1.807) is 5.57 Å². The Kier molecular flexibility index (Phi) is 2.23. The molecule has 2 rings (SSSR count). The molecule has 2 unspecified atom stereocenters. The van der Waals surface area contributed by atoms with Crippen LogP contribution in [0.5, 0.6) is 0 Å². The van der Waals surface area contributed by atoms with Crippen LogP contribution in [-0.2, 0) is 0 Å². The molecular weight excluding hydrogens is 158 g/mol. The van der Waals surface area contributed by atoms with Gasteiger partial charge in [0.05, 0.1) is 0 Å². The first-order valence-corrected chi connectivity index (χ1v) is 5.56. The first-order chi connectivity index (χ1) is 6.11. The van der Waals surface area contributed by atoms with Crippen LogP contribution in [0, 0.1) is 23.7 Å². The van der Waals surface area contributed by atoms with Gasteiger partial charge in [-0.2, -0.15) is 0 Å². The van der Waals surface area contributed by atoms with Crippen LogP contribution in [0.3, 0.4) is 0 Å². The van der Waals surface area contributed by atoms with Gasteiger partial charge >= 0.3 is 0 Å². The minimum Gasteiger partial charge on any atom is -0.327 e. The summed E-state index contributed by atoms with van der Waals surface area (Å²) >= 11 is 0. The SMILES string of the molecule is CC1C(C)C1C1=CC[C@@H](N)C[C@H]1C. The number of hydrogen-bond acceptors (Lipinski definition) is 1. The van der Waals surface area contributed by atoms with E-state index < -0.39 is 0 Å². The number of allylic oxidation sites excluding steroid dienone is 1. The van der Waals surface area contributed by atoms with Crippen LogP contribution in [0.25, 0.3) is 0 Å². The van der Waals surface area contributed by atoms with Gasteiger partial charge in [-0.25, -0.2) is 0 Å². The van der Waals surface area contributed by atoms with Crippen molar-refractivity contribution >= 4 is 0 Å². The van der Waals surface area contributed by atoms with Crippen LogP contribution in [0.15, 0.2) is 11.6 Å². The van der Waals surface area contributed by atoms with Gasteiger partial charge in [0, 0.05) is 6.04 Å². The predicted octanol–water partition coefficient (Wildman–Crippen LogP) is 2.57. The molecule has 2 N–H and O–H groups in total. The quantitative estimate of drug-likeness (QED) is 0.615. The minimum atomic E-state index is 0.420. The molecule has 0 heterocycles. The van der Waals surface area contributed by atoms with E-state index in [9.17, 15) is 0 Å². The van der Waals surface area contributed by atoms with Crippen LogP contribution in [0.2, 0.25) is 0 Å². The highest BCUT2D eigenvalue weighted by Crippen LogP contribution is 2.53. The molecule has 2 aliphatic carbocycles. The van der Waals surface area contributed by atoms with Crippen molar-refractivity contribution in [1.29, 1.82) is 0 Å². The third-order valence-corrected chi connectivity index (χ3v) is 4.09. The lowest BCUT2D eigenvalue weighted by molar-refractivity contribution is 0.463. The summed E-state index contributed by atoms with van der Waals surface area (Å²) in [6, 6.07) is 0.420. The topological polar surface area (TPSA) is 26.0 Å². The fraction of sp³-hybridized carbons (Fsp3) is 0.833. The van der Waals surface area contributed by atoms with Crippen molar-refractivity contribution < 1.29 is 0 Å². The van der Waals surface area contributed by atoms with E-state index in [1.165, 1.54) is 6.42 Å². The fourth-order valence-electron chi connectivity index (χ4n) is 2.91. The second kappa shape index (κ2) is 3.13. The lowest BCUT2D eigenvalue weighted by atomic mass is 9.83. The highest BCUT2D eigenvalue weighted by atomic mass is 14.6. The second-order valence-electron chi connectivity index (χ2n) is 5.08. The van der Waals surface area contributed by atoms with Crippen molar-refractivity contribution in [2.75, 3.05) is 0 Å². The third kappa shape index (κ3) is 1.54. The minimum absolute atomic E-state index is 0.420. The summed E-state index contributed by atoms with van der Waals surface area (Å²) < 4.78 is 0. The maximum Gasteiger partial charge on any atom is 0.00791 e. The molecule has 0 aromatic rings. The van der Waals surface area contributed by atoms with Gasteiger partial charge < -0.3 is 5.73 Å². The molecule has 0 radical (unpaired) electrons. The van der Waals surface area contributed by atoms with E-state index >= 15 is 0 Å². The Hall–Kier alpha value is -0.300. The summed E-state index contributed by atoms with van der Waals surface area (Å²) in [6.45, 7) is 7.08. The van der Waals surface area contributed by atoms with Crippen LogP contribution < -0.4 is 5.73 Å². The molecule has 0 bridgehead atoms. The van der Waals surface area contributed by atoms with Gasteiger partial charge in [0.15, 0.2) is 0 Å². The molecule has 0 aromatic carbocycles. The van der Waals surface area contributed by atoms with Crippen LogP contribution in [-0.4, -0.2) is 6.04 Å². The van der Waals surface area contributed by atoms with Gasteiger partial charge in [0.2, 0.25) is 0 Å². The van der Waals surface area contributed by atoms with Crippen molar-refractivity contribution in [1.82, 2.24) is 0 Å². The number of hydrogen-bond donors (Lipinski definition) is 1. The molecule has 1 nitrogen and oxygen atoms in total. The molecule has 1 fully saturated rings. The maximum atomic E-state index is 5.93. The molecule has 4 atom stereocenters. The molecule has 0 amide bonds. The molecule has 74 valence electrons. The summed E-state index contributed by atoms with van der Waals surface area (Å²) in [6.07, 6.45) is 4.72. The summed E-state index contributed by atoms with van der Waals surface area (Å²) in [5, 5.41) is 0. The highest BCUT2D eigenvalue weighted by molar-refractivity contribution is 5.22. The van der Waals surface area contributed by atoms with Gasteiger partial charge in [-0.1, -0.05) is 32.4 Å². The average molecular weight is 179 g/mol. The van der Waals surface area contributed by atoms with E-state index in [1.807, 2.05) is 0 Å². The lowest BCUT2D eigenvalue weighted by Gasteiger charge is -2.25. The fourth-order valence-corrected chi connectivity index (χ4v) is 2.91. The molecule has 1 heteroatoms. The van der Waals surface area contributed by atoms with Crippen LogP contribution in [0.1, 0.15) is 33.6 Å². The Labute approximate surface area is 81.4 Å². The van der Waals surface area contributed by atoms with Crippen LogP contribution in [0.4, 0.5) is 0 Å². The summed E-state index contributed by atoms with van der Waals surface area (Å²) in [7, 11) is 0. The van der Waals surface area contributed by atoms with E-state index in [0.29, 0.717) is 6.04 Å². The van der Waals surface area contributed by atoms with Gasteiger partial charge in [-0.05, 0) is 36.5 Å². The molecular formula is C12H21N. The zero-order valence-corrected chi connectivity index (χ0v) is 8.96. The Morgan fingerprint density at radius 1 is 1.23 bits per heavy atom. The maximum absolute atomic E-state index is 5.93. The summed E-state index contributed by atoms with van der Waals surface area (Å²) in [5.74, 6) is 3.47. The zero-order valence-electron chi connectivity index (χ0n) is 8.96. The van der Waals surface area contributed by atoms with Gasteiger partial charge in [0.25, 0.3) is 0 Å². The molecule has 0 spiro atoms. The Morgan fingerprint density at radius 2 is 1.85 bits per heavy atom. The normalized spacial score (nSPS) is 50.2. The average Bonchev–Trinajstić information content (AvgIpc) is 2.61. The van der Waals surface area contributed by atoms with Crippen molar-refractivity contribution in [3.8, 4) is 0 Å². The number of nitrogens with two attached hydrogens (primary N) is 1. The molecule has 0 aliphatic heterocycles. The molecule has 13 heavy (non-hydrogen) atoms. The van der Waals surface area contributed by atoms with Crippen LogP contribution >= 0.6 is 0 Å². The number of rotatable bonds is 1. The Bertz CT molecular complexity index is 223. The van der Waals surface area contributed by atoms with E-state index in [2.05, 4.69) is 26.8 Å². The van der Waals surface area contributed by atoms with Gasteiger partial charge in [-0.3, -0.25) is 0 Å². The Balaban J connectivity index is 2.07. The highest BCUT2D eigenvalue weighted by Gasteiger charge is 2.46.